The molecule has 0 bridgehead atoms. The number of furan rings is 1. The molecule has 1 N–H and O–H groups in total. The van der Waals surface area contributed by atoms with E-state index in [1.54, 1.807) is 0 Å². The fraction of sp³-hybridized carbons (Fsp3) is 0.692. The van der Waals surface area contributed by atoms with Gasteiger partial charge in [0, 0.05) is 18.9 Å². The average molecular weight is 207 g/mol. The molecule has 0 amide bonds. The minimum Gasteiger partial charge on any atom is -0.466 e. The SMILES string of the molecule is CNCC1CCCc2oc(C(C)C)cc21. The highest BCUT2D eigenvalue weighted by molar-refractivity contribution is 5.29. The maximum absolute atomic E-state index is 5.92. The van der Waals surface area contributed by atoms with Crippen molar-refractivity contribution in [1.29, 1.82) is 0 Å². The normalized spacial score (nSPS) is 20.7. The highest BCUT2D eigenvalue weighted by atomic mass is 16.3. The van der Waals surface area contributed by atoms with Crippen molar-refractivity contribution in [3.8, 4) is 0 Å². The molecule has 2 rings (SSSR count). The van der Waals surface area contributed by atoms with Gasteiger partial charge < -0.3 is 9.73 Å². The molecular formula is C13H21NO. The third-order valence-electron chi connectivity index (χ3n) is 3.28. The Labute approximate surface area is 92.1 Å². The van der Waals surface area contributed by atoms with Gasteiger partial charge in [0.1, 0.15) is 11.5 Å². The lowest BCUT2D eigenvalue weighted by Crippen LogP contribution is -2.20. The van der Waals surface area contributed by atoms with Crippen molar-refractivity contribution in [2.24, 2.45) is 0 Å². The number of nitrogens with one attached hydrogen (secondary N) is 1. The average Bonchev–Trinajstić information content (AvgIpc) is 2.63. The Morgan fingerprint density at radius 3 is 3.00 bits per heavy atom. The van der Waals surface area contributed by atoms with Gasteiger partial charge in [0.05, 0.1) is 0 Å². The Kier molecular flexibility index (Phi) is 3.15. The first-order chi connectivity index (χ1) is 7.22. The van der Waals surface area contributed by atoms with Crippen molar-refractivity contribution in [2.45, 2.75) is 44.9 Å². The Balaban J connectivity index is 2.26. The van der Waals surface area contributed by atoms with Crippen molar-refractivity contribution in [1.82, 2.24) is 5.32 Å². The van der Waals surface area contributed by atoms with Crippen molar-refractivity contribution in [2.75, 3.05) is 13.6 Å². The second kappa shape index (κ2) is 4.40. The van der Waals surface area contributed by atoms with Crippen LogP contribution >= 0.6 is 0 Å². The first kappa shape index (κ1) is 10.7. The van der Waals surface area contributed by atoms with Crippen LogP contribution in [0.15, 0.2) is 10.5 Å². The molecule has 1 unspecified atom stereocenters. The molecule has 2 nitrogen and oxygen atoms in total. The fourth-order valence-electron chi connectivity index (χ4n) is 2.41. The molecule has 0 spiro atoms. The quantitative estimate of drug-likeness (QED) is 0.824. The molecule has 1 aromatic rings. The molecule has 0 fully saturated rings. The summed E-state index contributed by atoms with van der Waals surface area (Å²) in [6, 6.07) is 2.28. The summed E-state index contributed by atoms with van der Waals surface area (Å²) in [5.41, 5.74) is 1.46. The Hall–Kier alpha value is -0.760. The summed E-state index contributed by atoms with van der Waals surface area (Å²) in [7, 11) is 2.03. The number of aryl methyl sites for hydroxylation is 1. The molecule has 0 saturated carbocycles. The zero-order chi connectivity index (χ0) is 10.8. The molecule has 1 heterocycles. The van der Waals surface area contributed by atoms with Gasteiger partial charge in [0.25, 0.3) is 0 Å². The van der Waals surface area contributed by atoms with E-state index in [1.807, 2.05) is 7.05 Å². The largest absolute Gasteiger partial charge is 0.466 e. The molecule has 1 atom stereocenters. The number of rotatable bonds is 3. The smallest absolute Gasteiger partial charge is 0.107 e. The first-order valence-electron chi connectivity index (χ1n) is 5.99. The Morgan fingerprint density at radius 2 is 2.33 bits per heavy atom. The van der Waals surface area contributed by atoms with E-state index in [9.17, 15) is 0 Å². The van der Waals surface area contributed by atoms with E-state index < -0.39 is 0 Å². The van der Waals surface area contributed by atoms with Crippen LogP contribution in [0.1, 0.15) is 55.6 Å². The molecule has 1 aromatic heterocycles. The third-order valence-corrected chi connectivity index (χ3v) is 3.28. The van der Waals surface area contributed by atoms with E-state index in [4.69, 9.17) is 4.42 Å². The van der Waals surface area contributed by atoms with Crippen LogP contribution in [0.4, 0.5) is 0 Å². The van der Waals surface area contributed by atoms with Crippen LogP contribution in [0, 0.1) is 0 Å². The Bertz CT molecular complexity index is 327. The van der Waals surface area contributed by atoms with Crippen LogP contribution in [0.25, 0.3) is 0 Å². The summed E-state index contributed by atoms with van der Waals surface area (Å²) in [5.74, 6) is 3.56. The maximum Gasteiger partial charge on any atom is 0.107 e. The van der Waals surface area contributed by atoms with E-state index in [0.29, 0.717) is 11.8 Å². The molecular weight excluding hydrogens is 186 g/mol. The van der Waals surface area contributed by atoms with Gasteiger partial charge in [-0.2, -0.15) is 0 Å². The molecule has 84 valence electrons. The molecule has 0 radical (unpaired) electrons. The molecule has 0 aliphatic heterocycles. The van der Waals surface area contributed by atoms with Gasteiger partial charge in [-0.25, -0.2) is 0 Å². The molecule has 0 aromatic carbocycles. The first-order valence-corrected chi connectivity index (χ1v) is 5.99. The second-order valence-corrected chi connectivity index (χ2v) is 4.83. The predicted octanol–water partition coefficient (Wildman–Crippen LogP) is 3.04. The van der Waals surface area contributed by atoms with Crippen molar-refractivity contribution < 1.29 is 4.42 Å². The van der Waals surface area contributed by atoms with Gasteiger partial charge in [0.2, 0.25) is 0 Å². The van der Waals surface area contributed by atoms with E-state index in [0.717, 1.165) is 18.7 Å². The highest BCUT2D eigenvalue weighted by Gasteiger charge is 2.24. The molecule has 2 heteroatoms. The topological polar surface area (TPSA) is 25.2 Å². The van der Waals surface area contributed by atoms with E-state index in [2.05, 4.69) is 25.2 Å². The van der Waals surface area contributed by atoms with Gasteiger partial charge in [0.15, 0.2) is 0 Å². The van der Waals surface area contributed by atoms with E-state index >= 15 is 0 Å². The molecule has 15 heavy (non-hydrogen) atoms. The summed E-state index contributed by atoms with van der Waals surface area (Å²) >= 11 is 0. The van der Waals surface area contributed by atoms with Gasteiger partial charge in [-0.1, -0.05) is 13.8 Å². The van der Waals surface area contributed by atoms with E-state index in [-0.39, 0.29) is 0 Å². The maximum atomic E-state index is 5.92. The summed E-state index contributed by atoms with van der Waals surface area (Å²) in [6.45, 7) is 5.46. The number of hydrogen-bond donors (Lipinski definition) is 1. The summed E-state index contributed by atoms with van der Waals surface area (Å²) in [4.78, 5) is 0. The highest BCUT2D eigenvalue weighted by Crippen LogP contribution is 2.35. The lowest BCUT2D eigenvalue weighted by atomic mass is 9.87. The number of fused-ring (bicyclic) bond motifs is 1. The number of likely N-dealkylation sites (N-methyl/N-ethyl adjacent to an activating group) is 1. The van der Waals surface area contributed by atoms with Crippen LogP contribution in [0.3, 0.4) is 0 Å². The van der Waals surface area contributed by atoms with Gasteiger partial charge in [-0.05, 0) is 37.4 Å². The minimum absolute atomic E-state index is 0.505. The van der Waals surface area contributed by atoms with Gasteiger partial charge >= 0.3 is 0 Å². The van der Waals surface area contributed by atoms with Gasteiger partial charge in [-0.15, -0.1) is 0 Å². The third kappa shape index (κ3) is 2.10. The van der Waals surface area contributed by atoms with E-state index in [1.165, 1.54) is 24.2 Å². The van der Waals surface area contributed by atoms with Crippen LogP contribution in [-0.4, -0.2) is 13.6 Å². The fourth-order valence-corrected chi connectivity index (χ4v) is 2.41. The summed E-state index contributed by atoms with van der Waals surface area (Å²) in [5, 5.41) is 3.28. The van der Waals surface area contributed by atoms with Crippen LogP contribution < -0.4 is 5.32 Å². The van der Waals surface area contributed by atoms with Crippen molar-refractivity contribution >= 4 is 0 Å². The summed E-state index contributed by atoms with van der Waals surface area (Å²) in [6.07, 6.45) is 3.69. The van der Waals surface area contributed by atoms with Crippen LogP contribution in [0.2, 0.25) is 0 Å². The van der Waals surface area contributed by atoms with Crippen molar-refractivity contribution in [3.05, 3.63) is 23.2 Å². The van der Waals surface area contributed by atoms with Crippen LogP contribution in [-0.2, 0) is 6.42 Å². The second-order valence-electron chi connectivity index (χ2n) is 4.83. The lowest BCUT2D eigenvalue weighted by molar-refractivity contribution is 0.412. The lowest BCUT2D eigenvalue weighted by Gasteiger charge is -2.20. The molecule has 1 aliphatic carbocycles. The zero-order valence-electron chi connectivity index (χ0n) is 9.97. The monoisotopic (exact) mass is 207 g/mol. The zero-order valence-corrected chi connectivity index (χ0v) is 9.97. The van der Waals surface area contributed by atoms with Crippen LogP contribution in [0.5, 0.6) is 0 Å². The minimum atomic E-state index is 0.505. The standard InChI is InChI=1S/C13H21NO/c1-9(2)13-7-11-10(8-14-3)5-4-6-12(11)15-13/h7,9-10,14H,4-6,8H2,1-3H3. The predicted molar refractivity (Wildman–Crippen MR) is 62.4 cm³/mol. The Morgan fingerprint density at radius 1 is 1.53 bits per heavy atom. The summed E-state index contributed by atoms with van der Waals surface area (Å²) < 4.78 is 5.92. The van der Waals surface area contributed by atoms with Crippen molar-refractivity contribution in [3.63, 3.8) is 0 Å². The molecule has 0 saturated heterocycles. The van der Waals surface area contributed by atoms with Gasteiger partial charge in [-0.3, -0.25) is 0 Å². The molecule has 1 aliphatic rings. The number of hydrogen-bond acceptors (Lipinski definition) is 2.